The third-order valence-corrected chi connectivity index (χ3v) is 5.91. The van der Waals surface area contributed by atoms with Crippen molar-refractivity contribution in [2.24, 2.45) is 4.99 Å². The Balaban J connectivity index is 1.78. The second-order valence-corrected chi connectivity index (χ2v) is 7.80. The molecule has 5 rings (SSSR count). The third kappa shape index (κ3) is 2.73. The summed E-state index contributed by atoms with van der Waals surface area (Å²) in [6.45, 7) is 4.17. The molecule has 0 N–H and O–H groups in total. The Labute approximate surface area is 162 Å². The largest absolute Gasteiger partial charge is 0.463 e. The number of ether oxygens (including phenoxy) is 1. The predicted octanol–water partition coefficient (Wildman–Crippen LogP) is 6.11. The summed E-state index contributed by atoms with van der Waals surface area (Å²) in [5.41, 5.74) is 5.35. The lowest BCUT2D eigenvalue weighted by molar-refractivity contribution is 0.233. The molecule has 2 aromatic carbocycles. The molecular weight excluding hydrogens is 352 g/mol. The summed E-state index contributed by atoms with van der Waals surface area (Å²) in [5.74, 6) is 0.664. The molecule has 4 aromatic rings. The molecule has 0 spiro atoms. The van der Waals surface area contributed by atoms with Crippen molar-refractivity contribution in [3.8, 4) is 0 Å². The summed E-state index contributed by atoms with van der Waals surface area (Å²) in [5, 5.41) is 1.14. The van der Waals surface area contributed by atoms with E-state index in [-0.39, 0.29) is 6.10 Å². The van der Waals surface area contributed by atoms with Crippen molar-refractivity contribution in [2.45, 2.75) is 20.0 Å². The molecular formula is C23H18N2OS. The molecule has 3 nitrogen and oxygen atoms in total. The standard InChI is InChI=1S/C23H18N2OS/c1-14-13-15(2)24-23-18(14)19-21(27-23)20(16-9-5-3-6-10-16)26-22(25-19)17-11-7-4-8-12-17/h3-13,20H,1-2H3/t20-/m1/s1. The molecule has 2 aromatic heterocycles. The Morgan fingerprint density at radius 2 is 1.63 bits per heavy atom. The van der Waals surface area contributed by atoms with E-state index in [4.69, 9.17) is 14.7 Å². The molecule has 4 heteroatoms. The second-order valence-electron chi connectivity index (χ2n) is 6.77. The first-order valence-corrected chi connectivity index (χ1v) is 9.79. The molecule has 0 saturated carbocycles. The topological polar surface area (TPSA) is 34.5 Å². The smallest absolute Gasteiger partial charge is 0.222 e. The molecule has 0 fully saturated rings. The summed E-state index contributed by atoms with van der Waals surface area (Å²) in [4.78, 5) is 11.8. The lowest BCUT2D eigenvalue weighted by Gasteiger charge is -2.24. The van der Waals surface area contributed by atoms with Crippen LogP contribution in [-0.4, -0.2) is 10.9 Å². The normalized spacial score (nSPS) is 15.9. The minimum atomic E-state index is -0.173. The van der Waals surface area contributed by atoms with Gasteiger partial charge in [-0.15, -0.1) is 11.3 Å². The van der Waals surface area contributed by atoms with Crippen molar-refractivity contribution in [3.63, 3.8) is 0 Å². The highest BCUT2D eigenvalue weighted by Crippen LogP contribution is 2.48. The van der Waals surface area contributed by atoms with Crippen LogP contribution in [0.2, 0.25) is 0 Å². The maximum atomic E-state index is 6.42. The van der Waals surface area contributed by atoms with Crippen LogP contribution < -0.4 is 0 Å². The number of fused-ring (bicyclic) bond motifs is 3. The first kappa shape index (κ1) is 16.2. The zero-order chi connectivity index (χ0) is 18.4. The van der Waals surface area contributed by atoms with Crippen molar-refractivity contribution in [3.05, 3.63) is 94.0 Å². The summed E-state index contributed by atoms with van der Waals surface area (Å²) in [6.07, 6.45) is -0.173. The van der Waals surface area contributed by atoms with E-state index in [1.165, 1.54) is 5.56 Å². The van der Waals surface area contributed by atoms with Gasteiger partial charge in [-0.1, -0.05) is 48.5 Å². The van der Waals surface area contributed by atoms with Crippen LogP contribution in [0, 0.1) is 13.8 Å². The molecule has 0 radical (unpaired) electrons. The molecule has 1 aliphatic heterocycles. The van der Waals surface area contributed by atoms with Gasteiger partial charge in [0.25, 0.3) is 0 Å². The number of aromatic nitrogens is 1. The second kappa shape index (κ2) is 6.32. The minimum absolute atomic E-state index is 0.173. The van der Waals surface area contributed by atoms with E-state index in [9.17, 15) is 0 Å². The van der Waals surface area contributed by atoms with Gasteiger partial charge in [-0.2, -0.15) is 0 Å². The maximum absolute atomic E-state index is 6.42. The van der Waals surface area contributed by atoms with Gasteiger partial charge >= 0.3 is 0 Å². The highest BCUT2D eigenvalue weighted by atomic mass is 32.1. The first-order chi connectivity index (χ1) is 13.2. The van der Waals surface area contributed by atoms with E-state index in [1.807, 2.05) is 55.5 Å². The van der Waals surface area contributed by atoms with Crippen LogP contribution in [0.1, 0.15) is 33.4 Å². The highest BCUT2D eigenvalue weighted by molar-refractivity contribution is 7.19. The summed E-state index contributed by atoms with van der Waals surface area (Å²) in [6, 6.07) is 22.6. The van der Waals surface area contributed by atoms with Crippen LogP contribution in [0.5, 0.6) is 0 Å². The van der Waals surface area contributed by atoms with Gasteiger partial charge in [-0.05, 0) is 43.2 Å². The number of pyridine rings is 1. The fourth-order valence-electron chi connectivity index (χ4n) is 3.58. The van der Waals surface area contributed by atoms with Crippen molar-refractivity contribution in [2.75, 3.05) is 0 Å². The van der Waals surface area contributed by atoms with Crippen molar-refractivity contribution in [1.82, 2.24) is 4.98 Å². The Bertz CT molecular complexity index is 1160. The minimum Gasteiger partial charge on any atom is -0.463 e. The number of aliphatic imine (C=N–C) groups is 1. The van der Waals surface area contributed by atoms with Gasteiger partial charge in [0.1, 0.15) is 4.83 Å². The first-order valence-electron chi connectivity index (χ1n) is 8.97. The Morgan fingerprint density at radius 1 is 0.926 bits per heavy atom. The number of hydrogen-bond acceptors (Lipinski definition) is 4. The molecule has 0 bridgehead atoms. The summed E-state index contributed by atoms with van der Waals surface area (Å²) in [7, 11) is 0. The fraction of sp³-hybridized carbons (Fsp3) is 0.130. The van der Waals surface area contributed by atoms with Crippen molar-refractivity contribution in [1.29, 1.82) is 0 Å². The van der Waals surface area contributed by atoms with Crippen LogP contribution in [-0.2, 0) is 4.74 Å². The zero-order valence-corrected chi connectivity index (χ0v) is 16.0. The van der Waals surface area contributed by atoms with E-state index in [1.54, 1.807) is 11.3 Å². The molecule has 3 heterocycles. The molecule has 1 atom stereocenters. The average Bonchev–Trinajstić information content (AvgIpc) is 3.07. The molecule has 0 unspecified atom stereocenters. The van der Waals surface area contributed by atoms with Crippen LogP contribution in [0.4, 0.5) is 5.69 Å². The van der Waals surface area contributed by atoms with Gasteiger partial charge in [0, 0.05) is 16.6 Å². The highest BCUT2D eigenvalue weighted by Gasteiger charge is 2.31. The van der Waals surface area contributed by atoms with Crippen molar-refractivity contribution < 1.29 is 4.74 Å². The van der Waals surface area contributed by atoms with E-state index in [2.05, 4.69) is 25.1 Å². The number of nitrogens with zero attached hydrogens (tertiary/aromatic N) is 2. The quantitative estimate of drug-likeness (QED) is 0.426. The van der Waals surface area contributed by atoms with E-state index in [0.29, 0.717) is 5.90 Å². The predicted molar refractivity (Wildman–Crippen MR) is 111 cm³/mol. The Hall–Kier alpha value is -2.98. The SMILES string of the molecule is Cc1cc(C)c2c3c(sc2n1)[C@@H](c1ccccc1)OC(c1ccccc1)=N3. The van der Waals surface area contributed by atoms with Gasteiger partial charge in [-0.25, -0.2) is 9.98 Å². The number of rotatable bonds is 2. The number of benzene rings is 2. The lowest BCUT2D eigenvalue weighted by atomic mass is 10.0. The van der Waals surface area contributed by atoms with Gasteiger partial charge in [-0.3, -0.25) is 0 Å². The van der Waals surface area contributed by atoms with Gasteiger partial charge in [0.05, 0.1) is 10.6 Å². The molecule has 1 aliphatic rings. The number of aryl methyl sites for hydroxylation is 2. The summed E-state index contributed by atoms with van der Waals surface area (Å²) >= 11 is 1.69. The van der Waals surface area contributed by atoms with Gasteiger partial charge < -0.3 is 4.74 Å². The van der Waals surface area contributed by atoms with Crippen LogP contribution in [0.25, 0.3) is 10.2 Å². The van der Waals surface area contributed by atoms with Crippen LogP contribution in [0.3, 0.4) is 0 Å². The maximum Gasteiger partial charge on any atom is 0.222 e. The number of thiophene rings is 1. The third-order valence-electron chi connectivity index (χ3n) is 4.79. The molecule has 132 valence electrons. The van der Waals surface area contributed by atoms with E-state index < -0.39 is 0 Å². The van der Waals surface area contributed by atoms with Crippen LogP contribution >= 0.6 is 11.3 Å². The number of hydrogen-bond donors (Lipinski definition) is 0. The zero-order valence-electron chi connectivity index (χ0n) is 15.1. The molecule has 27 heavy (non-hydrogen) atoms. The fourth-order valence-corrected chi connectivity index (χ4v) is 4.88. The Morgan fingerprint density at radius 3 is 2.37 bits per heavy atom. The van der Waals surface area contributed by atoms with Gasteiger partial charge in [0.15, 0.2) is 6.10 Å². The molecule has 0 amide bonds. The van der Waals surface area contributed by atoms with Gasteiger partial charge in [0.2, 0.25) is 5.90 Å². The Kier molecular flexibility index (Phi) is 3.80. The lowest BCUT2D eigenvalue weighted by Crippen LogP contribution is -2.16. The molecule has 0 saturated heterocycles. The van der Waals surface area contributed by atoms with E-state index in [0.717, 1.165) is 37.6 Å². The van der Waals surface area contributed by atoms with Crippen LogP contribution in [0.15, 0.2) is 71.7 Å². The van der Waals surface area contributed by atoms with Crippen molar-refractivity contribution >= 4 is 33.1 Å². The monoisotopic (exact) mass is 370 g/mol. The molecule has 0 aliphatic carbocycles. The average molecular weight is 370 g/mol. The summed E-state index contributed by atoms with van der Waals surface area (Å²) < 4.78 is 6.42. The van der Waals surface area contributed by atoms with E-state index >= 15 is 0 Å².